The lowest BCUT2D eigenvalue weighted by Gasteiger charge is -2.39. The molecule has 7 nitrogen and oxygen atoms in total. The van der Waals surface area contributed by atoms with E-state index in [2.05, 4.69) is 58.3 Å². The van der Waals surface area contributed by atoms with E-state index >= 15 is 0 Å². The van der Waals surface area contributed by atoms with Gasteiger partial charge in [0.25, 0.3) is 0 Å². The lowest BCUT2D eigenvalue weighted by molar-refractivity contribution is 0.185. The number of tetrazole rings is 1. The topological polar surface area (TPSA) is 85.2 Å². The van der Waals surface area contributed by atoms with Gasteiger partial charge in [0.05, 0.1) is 17.8 Å². The maximum Gasteiger partial charge on any atom is 0.192 e. The molecule has 1 unspecified atom stereocenters. The van der Waals surface area contributed by atoms with Gasteiger partial charge in [-0.05, 0) is 48.9 Å². The highest BCUT2D eigenvalue weighted by Gasteiger charge is 2.41. The fourth-order valence-corrected chi connectivity index (χ4v) is 2.97. The second kappa shape index (κ2) is 4.83. The molecular formula is C14H19N7. The lowest BCUT2D eigenvalue weighted by atomic mass is 9.89. The molecule has 110 valence electrons. The summed E-state index contributed by atoms with van der Waals surface area (Å²) in [7, 11) is 0. The minimum absolute atomic E-state index is 0.248. The van der Waals surface area contributed by atoms with Gasteiger partial charge in [-0.2, -0.15) is 0 Å². The normalized spacial score (nSPS) is 21.9. The summed E-state index contributed by atoms with van der Waals surface area (Å²) in [4.78, 5) is 6.59. The van der Waals surface area contributed by atoms with E-state index in [9.17, 15) is 0 Å². The van der Waals surface area contributed by atoms with Crippen LogP contribution in [0.3, 0.4) is 0 Å². The lowest BCUT2D eigenvalue weighted by Crippen LogP contribution is -2.51. The van der Waals surface area contributed by atoms with E-state index in [1.807, 2.05) is 12.1 Å². The third-order valence-electron chi connectivity index (χ3n) is 3.93. The Kier molecular flexibility index (Phi) is 3.12. The van der Waals surface area contributed by atoms with Crippen molar-refractivity contribution in [3.8, 4) is 5.69 Å². The fourth-order valence-electron chi connectivity index (χ4n) is 2.97. The third-order valence-corrected chi connectivity index (χ3v) is 3.93. The zero-order valence-electron chi connectivity index (χ0n) is 12.4. The van der Waals surface area contributed by atoms with Crippen LogP contribution in [0, 0.1) is 0 Å². The van der Waals surface area contributed by atoms with Crippen molar-refractivity contribution in [3.05, 3.63) is 36.2 Å². The van der Waals surface area contributed by atoms with E-state index in [4.69, 9.17) is 5.73 Å². The first-order valence-electron chi connectivity index (χ1n) is 6.95. The third kappa shape index (κ3) is 2.14. The zero-order valence-corrected chi connectivity index (χ0v) is 12.4. The average Bonchev–Trinajstić information content (AvgIpc) is 3.08. The van der Waals surface area contributed by atoms with Crippen LogP contribution in [0.15, 0.2) is 35.6 Å². The Morgan fingerprint density at radius 3 is 2.81 bits per heavy atom. The van der Waals surface area contributed by atoms with Gasteiger partial charge >= 0.3 is 0 Å². The van der Waals surface area contributed by atoms with Gasteiger partial charge in [-0.25, -0.2) is 4.68 Å². The smallest absolute Gasteiger partial charge is 0.192 e. The summed E-state index contributed by atoms with van der Waals surface area (Å²) in [6, 6.07) is 8.43. The molecule has 0 radical (unpaired) electrons. The van der Waals surface area contributed by atoms with Gasteiger partial charge in [0.2, 0.25) is 0 Å². The monoisotopic (exact) mass is 285 g/mol. The predicted molar refractivity (Wildman–Crippen MR) is 80.0 cm³/mol. The molecule has 1 atom stereocenters. The van der Waals surface area contributed by atoms with Crippen LogP contribution in [0.1, 0.15) is 26.3 Å². The van der Waals surface area contributed by atoms with Crippen molar-refractivity contribution in [3.63, 3.8) is 0 Å². The van der Waals surface area contributed by atoms with E-state index in [0.29, 0.717) is 12.5 Å². The molecule has 0 fully saturated rings. The molecule has 0 aliphatic carbocycles. The van der Waals surface area contributed by atoms with E-state index in [1.54, 1.807) is 11.0 Å². The highest BCUT2D eigenvalue weighted by Crippen LogP contribution is 2.34. The number of nitrogens with zero attached hydrogens (tertiary/aromatic N) is 6. The molecule has 1 aromatic carbocycles. The number of nitrogens with two attached hydrogens (primary N) is 1. The van der Waals surface area contributed by atoms with Gasteiger partial charge in [-0.15, -0.1) is 5.10 Å². The second-order valence-electron chi connectivity index (χ2n) is 5.72. The van der Waals surface area contributed by atoms with Crippen LogP contribution in [-0.2, 0) is 5.54 Å². The first-order chi connectivity index (χ1) is 10.0. The number of aromatic nitrogens is 4. The van der Waals surface area contributed by atoms with Crippen LogP contribution >= 0.6 is 0 Å². The van der Waals surface area contributed by atoms with Crippen molar-refractivity contribution in [1.29, 1.82) is 0 Å². The van der Waals surface area contributed by atoms with Crippen molar-refractivity contribution in [1.82, 2.24) is 25.1 Å². The largest absolute Gasteiger partial charge is 0.370 e. The Morgan fingerprint density at radius 1 is 1.33 bits per heavy atom. The van der Waals surface area contributed by atoms with Crippen molar-refractivity contribution < 1.29 is 0 Å². The summed E-state index contributed by atoms with van der Waals surface area (Å²) in [5, 5.41) is 11.3. The minimum Gasteiger partial charge on any atom is -0.370 e. The Hall–Kier alpha value is -2.44. The van der Waals surface area contributed by atoms with Crippen LogP contribution in [-0.4, -0.2) is 43.7 Å². The number of guanidine groups is 1. The Bertz CT molecular complexity index is 662. The Morgan fingerprint density at radius 2 is 2.14 bits per heavy atom. The molecule has 0 bridgehead atoms. The Balaban J connectivity index is 2.02. The molecule has 1 aliphatic heterocycles. The molecule has 2 N–H and O–H groups in total. The van der Waals surface area contributed by atoms with Crippen LogP contribution in [0.25, 0.3) is 5.69 Å². The van der Waals surface area contributed by atoms with Crippen molar-refractivity contribution >= 4 is 5.96 Å². The summed E-state index contributed by atoms with van der Waals surface area (Å²) >= 11 is 0. The highest BCUT2D eigenvalue weighted by atomic mass is 15.5. The molecule has 0 saturated heterocycles. The molecule has 0 amide bonds. The van der Waals surface area contributed by atoms with Gasteiger partial charge in [-0.3, -0.25) is 4.99 Å². The van der Waals surface area contributed by atoms with E-state index in [-0.39, 0.29) is 11.6 Å². The van der Waals surface area contributed by atoms with Gasteiger partial charge < -0.3 is 10.6 Å². The summed E-state index contributed by atoms with van der Waals surface area (Å²) in [5.41, 5.74) is 7.89. The molecule has 2 heterocycles. The van der Waals surface area contributed by atoms with E-state index in [0.717, 1.165) is 11.3 Å². The molecule has 21 heavy (non-hydrogen) atoms. The highest BCUT2D eigenvalue weighted by molar-refractivity contribution is 5.81. The Labute approximate surface area is 123 Å². The molecule has 2 aromatic rings. The molecule has 7 heteroatoms. The van der Waals surface area contributed by atoms with Crippen LogP contribution in [0.5, 0.6) is 0 Å². The second-order valence-corrected chi connectivity index (χ2v) is 5.72. The number of hydrogen-bond acceptors (Lipinski definition) is 6. The summed E-state index contributed by atoms with van der Waals surface area (Å²) in [6.45, 7) is 7.05. The minimum atomic E-state index is -0.248. The first-order valence-corrected chi connectivity index (χ1v) is 6.95. The summed E-state index contributed by atoms with van der Waals surface area (Å²) in [5.74, 6) is 0.598. The fraction of sp³-hybridized carbons (Fsp3) is 0.429. The van der Waals surface area contributed by atoms with E-state index in [1.165, 1.54) is 0 Å². The molecule has 3 rings (SSSR count). The summed E-state index contributed by atoms with van der Waals surface area (Å²) in [6.07, 6.45) is 1.58. The van der Waals surface area contributed by atoms with Crippen LogP contribution in [0.4, 0.5) is 0 Å². The molecular weight excluding hydrogens is 266 g/mol. The SMILES string of the molecule is CC(C)N1C(N)=NCC1(C)c1cccc(-n2cnnn2)c1. The first kappa shape index (κ1) is 13.5. The predicted octanol–water partition coefficient (Wildman–Crippen LogP) is 0.916. The van der Waals surface area contributed by atoms with Crippen molar-refractivity contribution in [2.24, 2.45) is 10.7 Å². The van der Waals surface area contributed by atoms with Gasteiger partial charge in [0, 0.05) is 6.04 Å². The maximum atomic E-state index is 6.06. The maximum absolute atomic E-state index is 6.06. The number of hydrogen-bond donors (Lipinski definition) is 1. The molecule has 1 aromatic heterocycles. The molecule has 0 saturated carbocycles. The summed E-state index contributed by atoms with van der Waals surface area (Å²) < 4.78 is 1.64. The number of rotatable bonds is 3. The molecule has 0 spiro atoms. The van der Waals surface area contributed by atoms with Gasteiger partial charge in [-0.1, -0.05) is 12.1 Å². The van der Waals surface area contributed by atoms with E-state index < -0.39 is 0 Å². The standard InChI is InChI=1S/C14H19N7/c1-10(2)21-13(15)16-8-14(21,3)11-5-4-6-12(7-11)20-9-17-18-19-20/h4-7,9-10H,8H2,1-3H3,(H2,15,16). The van der Waals surface area contributed by atoms with Crippen molar-refractivity contribution in [2.75, 3.05) is 6.54 Å². The van der Waals surface area contributed by atoms with Gasteiger partial charge in [0.1, 0.15) is 6.33 Å². The zero-order chi connectivity index (χ0) is 15.0. The molecule has 1 aliphatic rings. The van der Waals surface area contributed by atoms with Crippen LogP contribution in [0.2, 0.25) is 0 Å². The number of benzene rings is 1. The van der Waals surface area contributed by atoms with Crippen molar-refractivity contribution in [2.45, 2.75) is 32.4 Å². The average molecular weight is 285 g/mol. The van der Waals surface area contributed by atoms with Gasteiger partial charge in [0.15, 0.2) is 5.96 Å². The quantitative estimate of drug-likeness (QED) is 0.906. The van der Waals surface area contributed by atoms with Crippen LogP contribution < -0.4 is 5.73 Å². The number of aliphatic imine (C=N–C) groups is 1.